The minimum absolute atomic E-state index is 0.143. The predicted octanol–water partition coefficient (Wildman–Crippen LogP) is 2.67. The lowest BCUT2D eigenvalue weighted by Crippen LogP contribution is -2.47. The predicted molar refractivity (Wildman–Crippen MR) is 109 cm³/mol. The van der Waals surface area contributed by atoms with E-state index in [4.69, 9.17) is 28.9 Å². The van der Waals surface area contributed by atoms with Crippen LogP contribution in [-0.4, -0.2) is 40.4 Å². The van der Waals surface area contributed by atoms with Crippen LogP contribution in [0.2, 0.25) is 0 Å². The zero-order valence-electron chi connectivity index (χ0n) is 15.7. The van der Waals surface area contributed by atoms with E-state index >= 15 is 0 Å². The Morgan fingerprint density at radius 2 is 2.07 bits per heavy atom. The average molecular weight is 413 g/mol. The van der Waals surface area contributed by atoms with Gasteiger partial charge >= 0.3 is 0 Å². The van der Waals surface area contributed by atoms with Gasteiger partial charge in [-0.25, -0.2) is 4.98 Å². The number of rotatable bonds is 4. The second-order valence-corrected chi connectivity index (χ2v) is 8.43. The molecule has 1 aliphatic heterocycles. The molecule has 3 rings (SSSR count). The van der Waals surface area contributed by atoms with E-state index in [1.165, 1.54) is 0 Å². The van der Waals surface area contributed by atoms with Crippen molar-refractivity contribution in [3.8, 4) is 0 Å². The number of aliphatic hydroxyl groups is 1. The van der Waals surface area contributed by atoms with Crippen molar-refractivity contribution < 1.29 is 5.11 Å². The fourth-order valence-electron chi connectivity index (χ4n) is 3.86. The molecule has 2 aliphatic rings. The van der Waals surface area contributed by atoms with E-state index in [-0.39, 0.29) is 23.6 Å². The Morgan fingerprint density at radius 1 is 1.41 bits per heavy atom. The number of piperidine rings is 1. The molecule has 0 amide bonds. The van der Waals surface area contributed by atoms with Gasteiger partial charge in [0, 0.05) is 25.7 Å². The van der Waals surface area contributed by atoms with Crippen LogP contribution < -0.4 is 16.2 Å². The highest BCUT2D eigenvalue weighted by Crippen LogP contribution is 2.36. The number of allylic oxidation sites excluding steroid dienone is 4. The summed E-state index contributed by atoms with van der Waals surface area (Å²) in [5.41, 5.74) is 5.29. The van der Waals surface area contributed by atoms with Crippen LogP contribution in [0.15, 0.2) is 33.1 Å². The molecular formula is C19H26Cl2N4O2. The minimum Gasteiger partial charge on any atom is -0.391 e. The third kappa shape index (κ3) is 3.94. The highest BCUT2D eigenvalue weighted by atomic mass is 35.5. The third-order valence-electron chi connectivity index (χ3n) is 5.83. The van der Waals surface area contributed by atoms with Gasteiger partial charge in [0.1, 0.15) is 11.6 Å². The lowest BCUT2D eigenvalue weighted by molar-refractivity contribution is 0.0259. The maximum absolute atomic E-state index is 12.8. The van der Waals surface area contributed by atoms with Crippen molar-refractivity contribution in [1.82, 2.24) is 9.55 Å². The first-order chi connectivity index (χ1) is 12.8. The Kier molecular flexibility index (Phi) is 6.01. The lowest BCUT2D eigenvalue weighted by atomic mass is 9.75. The van der Waals surface area contributed by atoms with E-state index in [9.17, 15) is 9.90 Å². The van der Waals surface area contributed by atoms with Crippen LogP contribution in [0, 0.1) is 12.3 Å². The van der Waals surface area contributed by atoms with Gasteiger partial charge in [-0.1, -0.05) is 36.2 Å². The second kappa shape index (κ2) is 7.95. The quantitative estimate of drug-likeness (QED) is 0.793. The first-order valence-electron chi connectivity index (χ1n) is 9.22. The number of hydrogen-bond donors (Lipinski definition) is 2. The topological polar surface area (TPSA) is 84.4 Å². The van der Waals surface area contributed by atoms with Gasteiger partial charge in [0.15, 0.2) is 0 Å². The van der Waals surface area contributed by atoms with Crippen LogP contribution in [-0.2, 0) is 0 Å². The van der Waals surface area contributed by atoms with Crippen LogP contribution >= 0.6 is 23.2 Å². The molecule has 2 heterocycles. The maximum Gasteiger partial charge on any atom is 0.256 e. The van der Waals surface area contributed by atoms with Gasteiger partial charge in [-0.15, -0.1) is 0 Å². The van der Waals surface area contributed by atoms with Gasteiger partial charge in [-0.3, -0.25) is 9.36 Å². The summed E-state index contributed by atoms with van der Waals surface area (Å²) in [5.74, 6) is 1.27. The summed E-state index contributed by atoms with van der Waals surface area (Å²) in [6.07, 6.45) is 5.35. The molecule has 6 nitrogen and oxygen atoms in total. The van der Waals surface area contributed by atoms with Gasteiger partial charge in [0.05, 0.1) is 22.2 Å². The number of halogens is 2. The third-order valence-corrected chi connectivity index (χ3v) is 6.71. The first-order valence-corrected chi connectivity index (χ1v) is 9.97. The zero-order valence-corrected chi connectivity index (χ0v) is 17.2. The molecule has 1 unspecified atom stereocenters. The first kappa shape index (κ1) is 20.4. The van der Waals surface area contributed by atoms with Crippen LogP contribution in [0.25, 0.3) is 0 Å². The molecular weight excluding hydrogens is 387 g/mol. The largest absolute Gasteiger partial charge is 0.391 e. The summed E-state index contributed by atoms with van der Waals surface area (Å²) in [4.78, 5) is 19.6. The SMILES string of the molecule is Cc1nc(N2CCC(C)([C@H](O)CN)CC2)cc(=O)n1C1CC=CC(Cl)=C1Cl. The van der Waals surface area contributed by atoms with Crippen LogP contribution in [0.1, 0.15) is 38.1 Å². The molecule has 1 aromatic rings. The van der Waals surface area contributed by atoms with E-state index in [0.717, 1.165) is 25.9 Å². The molecule has 2 atom stereocenters. The standard InChI is InChI=1S/C19H26Cl2N4O2/c1-12-23-16(24-8-6-19(2,7-9-24)15(26)11-22)10-17(27)25(12)14-5-3-4-13(20)18(14)21/h3-4,10,14-15,26H,5-9,11,22H2,1-2H3/t14?,15-/m1/s1. The molecule has 0 aromatic carbocycles. The number of aromatic nitrogens is 2. The van der Waals surface area contributed by atoms with Crippen LogP contribution in [0.5, 0.6) is 0 Å². The Labute approximate surface area is 169 Å². The lowest BCUT2D eigenvalue weighted by Gasteiger charge is -2.42. The molecule has 148 valence electrons. The summed E-state index contributed by atoms with van der Waals surface area (Å²) in [6.45, 7) is 5.58. The molecule has 8 heteroatoms. The number of nitrogens with two attached hydrogens (primary N) is 1. The molecule has 0 bridgehead atoms. The summed E-state index contributed by atoms with van der Waals surface area (Å²) in [6, 6.07) is 1.24. The monoisotopic (exact) mass is 412 g/mol. The Morgan fingerprint density at radius 3 is 2.67 bits per heavy atom. The number of nitrogens with zero attached hydrogens (tertiary/aromatic N) is 3. The molecule has 1 aromatic heterocycles. The minimum atomic E-state index is -0.514. The van der Waals surface area contributed by atoms with Gasteiger partial charge in [-0.2, -0.15) is 0 Å². The molecule has 1 fully saturated rings. The fourth-order valence-corrected chi connectivity index (χ4v) is 4.32. The van der Waals surface area contributed by atoms with Gasteiger partial charge in [-0.05, 0) is 37.7 Å². The molecule has 1 aliphatic carbocycles. The Hall–Kier alpha value is -1.34. The normalized spacial score (nSPS) is 23.6. The van der Waals surface area contributed by atoms with Crippen molar-refractivity contribution in [2.45, 2.75) is 45.3 Å². The van der Waals surface area contributed by atoms with Crippen LogP contribution in [0.3, 0.4) is 0 Å². The van der Waals surface area contributed by atoms with Gasteiger partial charge in [0.2, 0.25) is 0 Å². The maximum atomic E-state index is 12.8. The number of anilines is 1. The van der Waals surface area contributed by atoms with Gasteiger partial charge < -0.3 is 15.7 Å². The average Bonchev–Trinajstić information content (AvgIpc) is 2.64. The van der Waals surface area contributed by atoms with E-state index in [1.807, 2.05) is 13.0 Å². The van der Waals surface area contributed by atoms with E-state index in [0.29, 0.717) is 28.1 Å². The highest BCUT2D eigenvalue weighted by Gasteiger charge is 2.36. The Bertz CT molecular complexity index is 825. The number of aliphatic hydroxyl groups excluding tert-OH is 1. The summed E-state index contributed by atoms with van der Waals surface area (Å²) >= 11 is 12.5. The molecule has 1 saturated heterocycles. The molecule has 3 N–H and O–H groups in total. The number of hydrogen-bond acceptors (Lipinski definition) is 5. The van der Waals surface area contributed by atoms with E-state index < -0.39 is 6.10 Å². The Balaban J connectivity index is 1.83. The van der Waals surface area contributed by atoms with Gasteiger partial charge in [0.25, 0.3) is 5.56 Å². The molecule has 0 saturated carbocycles. The van der Waals surface area contributed by atoms with Crippen molar-refractivity contribution in [3.05, 3.63) is 44.5 Å². The highest BCUT2D eigenvalue weighted by molar-refractivity contribution is 6.40. The smallest absolute Gasteiger partial charge is 0.256 e. The van der Waals surface area contributed by atoms with E-state index in [1.54, 1.807) is 16.7 Å². The summed E-state index contributed by atoms with van der Waals surface area (Å²) in [7, 11) is 0. The van der Waals surface area contributed by atoms with E-state index in [2.05, 4.69) is 16.8 Å². The van der Waals surface area contributed by atoms with Crippen molar-refractivity contribution in [2.24, 2.45) is 11.1 Å². The summed E-state index contributed by atoms with van der Waals surface area (Å²) in [5, 5.41) is 11.1. The molecule has 0 radical (unpaired) electrons. The summed E-state index contributed by atoms with van der Waals surface area (Å²) < 4.78 is 1.60. The van der Waals surface area contributed by atoms with Crippen molar-refractivity contribution in [3.63, 3.8) is 0 Å². The molecule has 0 spiro atoms. The fraction of sp³-hybridized carbons (Fsp3) is 0.579. The van der Waals surface area contributed by atoms with Crippen molar-refractivity contribution in [1.29, 1.82) is 0 Å². The zero-order chi connectivity index (χ0) is 19.8. The van der Waals surface area contributed by atoms with Crippen molar-refractivity contribution in [2.75, 3.05) is 24.5 Å². The number of aryl methyl sites for hydroxylation is 1. The van der Waals surface area contributed by atoms with Crippen LogP contribution in [0.4, 0.5) is 5.82 Å². The molecule has 27 heavy (non-hydrogen) atoms. The second-order valence-electron chi connectivity index (χ2n) is 7.61. The van der Waals surface area contributed by atoms with Crippen molar-refractivity contribution >= 4 is 29.0 Å².